The molecule has 0 aliphatic rings. The summed E-state index contributed by atoms with van der Waals surface area (Å²) in [6.07, 6.45) is 4.44. The molecule has 2 rings (SSSR count). The lowest BCUT2D eigenvalue weighted by atomic mass is 9.95. The molecule has 0 bridgehead atoms. The van der Waals surface area contributed by atoms with E-state index in [4.69, 9.17) is 4.43 Å². The second-order valence-electron chi connectivity index (χ2n) is 8.74. The van der Waals surface area contributed by atoms with Gasteiger partial charge in [0, 0.05) is 12.5 Å². The maximum Gasteiger partial charge on any atom is 0.261 e. The topological polar surface area (TPSA) is 26.3 Å². The van der Waals surface area contributed by atoms with Gasteiger partial charge in [0.25, 0.3) is 8.32 Å². The van der Waals surface area contributed by atoms with Gasteiger partial charge in [-0.2, -0.15) is 0 Å². The molecule has 0 radical (unpaired) electrons. The fraction of sp³-hybridized carbons (Fsp3) is 0.400. The van der Waals surface area contributed by atoms with Gasteiger partial charge in [0.1, 0.15) is 6.29 Å². The number of carbonyl (C=O) groups is 1. The highest BCUT2D eigenvalue weighted by molar-refractivity contribution is 6.99. The van der Waals surface area contributed by atoms with E-state index in [1.807, 2.05) is 6.08 Å². The minimum absolute atomic E-state index is 0.0234. The molecule has 2 aromatic rings. The summed E-state index contributed by atoms with van der Waals surface area (Å²) in [5, 5.41) is 2.55. The van der Waals surface area contributed by atoms with Crippen LogP contribution in [0.4, 0.5) is 0 Å². The van der Waals surface area contributed by atoms with E-state index in [1.54, 1.807) is 0 Å². The molecule has 0 spiro atoms. The molecule has 2 nitrogen and oxygen atoms in total. The largest absolute Gasteiger partial charge is 0.407 e. The Labute approximate surface area is 171 Å². The average molecular weight is 395 g/mol. The Bertz CT molecular complexity index is 695. The van der Waals surface area contributed by atoms with E-state index < -0.39 is 8.32 Å². The van der Waals surface area contributed by atoms with Crippen LogP contribution in [0.15, 0.2) is 73.3 Å². The van der Waals surface area contributed by atoms with E-state index in [9.17, 15) is 4.79 Å². The van der Waals surface area contributed by atoms with E-state index in [0.29, 0.717) is 12.5 Å². The van der Waals surface area contributed by atoms with E-state index >= 15 is 0 Å². The van der Waals surface area contributed by atoms with Gasteiger partial charge >= 0.3 is 0 Å². The highest BCUT2D eigenvalue weighted by Gasteiger charge is 2.50. The van der Waals surface area contributed by atoms with Crippen molar-refractivity contribution >= 4 is 25.0 Å². The van der Waals surface area contributed by atoms with Crippen molar-refractivity contribution in [3.8, 4) is 0 Å². The molecular formula is C25H34O2Si. The molecule has 0 saturated heterocycles. The molecule has 3 heteroatoms. The van der Waals surface area contributed by atoms with Crippen LogP contribution in [0.2, 0.25) is 5.04 Å². The number of aldehydes is 1. The number of rotatable bonds is 10. The molecular weight excluding hydrogens is 360 g/mol. The highest BCUT2D eigenvalue weighted by atomic mass is 28.4. The Morgan fingerprint density at radius 1 is 1.00 bits per heavy atom. The van der Waals surface area contributed by atoms with Crippen molar-refractivity contribution in [1.82, 2.24) is 0 Å². The van der Waals surface area contributed by atoms with Crippen LogP contribution in [0.1, 0.15) is 40.5 Å². The lowest BCUT2D eigenvalue weighted by Crippen LogP contribution is -2.66. The normalized spacial score (nSPS) is 14.3. The fourth-order valence-corrected chi connectivity index (χ4v) is 8.73. The molecule has 0 saturated carbocycles. The molecule has 0 amide bonds. The van der Waals surface area contributed by atoms with Crippen LogP contribution in [0.25, 0.3) is 0 Å². The van der Waals surface area contributed by atoms with Crippen molar-refractivity contribution < 1.29 is 9.22 Å². The van der Waals surface area contributed by atoms with Crippen molar-refractivity contribution in [2.75, 3.05) is 6.61 Å². The number of allylic oxidation sites excluding steroid dienone is 1. The summed E-state index contributed by atoms with van der Waals surface area (Å²) in [5.41, 5.74) is 0. The molecule has 0 aromatic heterocycles. The Hall–Kier alpha value is -1.97. The van der Waals surface area contributed by atoms with Crippen LogP contribution < -0.4 is 10.4 Å². The summed E-state index contributed by atoms with van der Waals surface area (Å²) < 4.78 is 6.95. The number of carbonyl (C=O) groups excluding carboxylic acids is 1. The molecule has 2 atom stereocenters. The first-order valence-electron chi connectivity index (χ1n) is 10.2. The third kappa shape index (κ3) is 5.09. The van der Waals surface area contributed by atoms with E-state index in [1.165, 1.54) is 10.4 Å². The summed E-state index contributed by atoms with van der Waals surface area (Å²) in [5.74, 6) is 0.326. The van der Waals surface area contributed by atoms with E-state index in [0.717, 1.165) is 19.1 Å². The maximum atomic E-state index is 11.4. The number of hydrogen-bond acceptors (Lipinski definition) is 2. The van der Waals surface area contributed by atoms with Gasteiger partial charge in [-0.15, -0.1) is 6.58 Å². The van der Waals surface area contributed by atoms with Crippen LogP contribution in [0.5, 0.6) is 0 Å². The Morgan fingerprint density at radius 2 is 1.50 bits per heavy atom. The molecule has 28 heavy (non-hydrogen) atoms. The zero-order chi connectivity index (χ0) is 20.6. The van der Waals surface area contributed by atoms with Gasteiger partial charge in [0.15, 0.2) is 0 Å². The Kier molecular flexibility index (Phi) is 7.96. The summed E-state index contributed by atoms with van der Waals surface area (Å²) in [6, 6.07) is 21.4. The van der Waals surface area contributed by atoms with E-state index in [-0.39, 0.29) is 11.0 Å². The summed E-state index contributed by atoms with van der Waals surface area (Å²) in [7, 11) is -2.50. The average Bonchev–Trinajstić information content (AvgIpc) is 2.68. The maximum absolute atomic E-state index is 11.4. The SMILES string of the molecule is C=CC[C@H](C=O)C[C@@H](C)CO[Si](c1ccccc1)(c1ccccc1)C(C)(C)C. The fourth-order valence-electron chi connectivity index (χ4n) is 4.04. The van der Waals surface area contributed by atoms with Crippen LogP contribution in [-0.2, 0) is 9.22 Å². The Balaban J connectivity index is 2.39. The predicted octanol–water partition coefficient (Wildman–Crippen LogP) is 4.98. The van der Waals surface area contributed by atoms with Crippen molar-refractivity contribution in [2.24, 2.45) is 11.8 Å². The molecule has 0 N–H and O–H groups in total. The van der Waals surface area contributed by atoms with Gasteiger partial charge < -0.3 is 9.22 Å². The van der Waals surface area contributed by atoms with Gasteiger partial charge in [0.2, 0.25) is 0 Å². The lowest BCUT2D eigenvalue weighted by molar-refractivity contribution is -0.111. The molecule has 150 valence electrons. The third-order valence-electron chi connectivity index (χ3n) is 5.37. The van der Waals surface area contributed by atoms with Crippen LogP contribution in [0, 0.1) is 11.8 Å². The van der Waals surface area contributed by atoms with Crippen molar-refractivity contribution in [3.05, 3.63) is 73.3 Å². The van der Waals surface area contributed by atoms with Crippen molar-refractivity contribution in [2.45, 2.75) is 45.6 Å². The summed E-state index contributed by atoms with van der Waals surface area (Å²) >= 11 is 0. The minimum Gasteiger partial charge on any atom is -0.407 e. The molecule has 0 heterocycles. The van der Waals surface area contributed by atoms with Crippen molar-refractivity contribution in [3.63, 3.8) is 0 Å². The van der Waals surface area contributed by atoms with Crippen LogP contribution in [0.3, 0.4) is 0 Å². The van der Waals surface area contributed by atoms with Crippen LogP contribution in [-0.4, -0.2) is 21.2 Å². The molecule has 0 aliphatic carbocycles. The molecule has 0 unspecified atom stereocenters. The zero-order valence-corrected chi connectivity index (χ0v) is 18.7. The minimum atomic E-state index is -2.50. The monoisotopic (exact) mass is 394 g/mol. The first-order chi connectivity index (χ1) is 13.3. The zero-order valence-electron chi connectivity index (χ0n) is 17.7. The molecule has 2 aromatic carbocycles. The predicted molar refractivity (Wildman–Crippen MR) is 122 cm³/mol. The van der Waals surface area contributed by atoms with Gasteiger partial charge in [-0.1, -0.05) is 94.4 Å². The van der Waals surface area contributed by atoms with Gasteiger partial charge in [-0.05, 0) is 34.2 Å². The molecule has 0 aliphatic heterocycles. The summed E-state index contributed by atoms with van der Waals surface area (Å²) in [6.45, 7) is 13.5. The molecule has 0 fully saturated rings. The van der Waals surface area contributed by atoms with Gasteiger partial charge in [0.05, 0.1) is 0 Å². The van der Waals surface area contributed by atoms with Crippen molar-refractivity contribution in [1.29, 1.82) is 0 Å². The first-order valence-corrected chi connectivity index (χ1v) is 12.1. The third-order valence-corrected chi connectivity index (χ3v) is 10.4. The van der Waals surface area contributed by atoms with Gasteiger partial charge in [-0.25, -0.2) is 0 Å². The second kappa shape index (κ2) is 9.99. The number of hydrogen-bond donors (Lipinski definition) is 0. The quantitative estimate of drug-likeness (QED) is 0.323. The second-order valence-corrected chi connectivity index (χ2v) is 13.0. The lowest BCUT2D eigenvalue weighted by Gasteiger charge is -2.43. The first kappa shape index (κ1) is 22.3. The smallest absolute Gasteiger partial charge is 0.261 e. The van der Waals surface area contributed by atoms with Gasteiger partial charge in [-0.3, -0.25) is 0 Å². The van der Waals surface area contributed by atoms with Crippen LogP contribution >= 0.6 is 0 Å². The number of benzene rings is 2. The standard InChI is InChI=1S/C25H34O2Si/c1-6-13-22(19-26)18-21(2)20-27-28(25(3,4)5,23-14-9-7-10-15-23)24-16-11-8-12-17-24/h6-12,14-17,19,21-22H,1,13,18,20H2,2-5H3/t21-,22+/m1/s1. The summed E-state index contributed by atoms with van der Waals surface area (Å²) in [4.78, 5) is 11.4. The Morgan fingerprint density at radius 3 is 1.89 bits per heavy atom. The van der Waals surface area contributed by atoms with E-state index in [2.05, 4.69) is 94.9 Å². The highest BCUT2D eigenvalue weighted by Crippen LogP contribution is 2.37.